The number of hydrogen-bond acceptors (Lipinski definition) is 4. The molecule has 0 unspecified atom stereocenters. The number of anilines is 2. The summed E-state index contributed by atoms with van der Waals surface area (Å²) in [7, 11) is 1.64. The summed E-state index contributed by atoms with van der Waals surface area (Å²) in [5.74, 6) is 2.23. The van der Waals surface area contributed by atoms with E-state index in [2.05, 4.69) is 26.3 Å². The van der Waals surface area contributed by atoms with Crippen LogP contribution in [0, 0.1) is 0 Å². The fourth-order valence-electron chi connectivity index (χ4n) is 2.89. The number of methoxy groups -OCH3 is 1. The third-order valence-corrected chi connectivity index (χ3v) is 4.28. The number of aromatic nitrogens is 1. The molecular formula is C19H26IN5O. The van der Waals surface area contributed by atoms with Crippen molar-refractivity contribution in [2.24, 2.45) is 10.7 Å². The molecule has 0 spiro atoms. The lowest BCUT2D eigenvalue weighted by atomic mass is 10.1. The van der Waals surface area contributed by atoms with E-state index >= 15 is 0 Å². The summed E-state index contributed by atoms with van der Waals surface area (Å²) in [6, 6.07) is 11.7. The molecule has 1 aromatic heterocycles. The zero-order chi connectivity index (χ0) is 17.5. The van der Waals surface area contributed by atoms with Crippen LogP contribution in [0.15, 0.2) is 47.6 Å². The summed E-state index contributed by atoms with van der Waals surface area (Å²) in [5.41, 5.74) is 7.97. The largest absolute Gasteiger partial charge is 0.497 e. The Balaban J connectivity index is 0.00000243. The number of piperidine rings is 1. The van der Waals surface area contributed by atoms with Crippen LogP contribution in [-0.4, -0.2) is 31.1 Å². The standard InChI is InChI=1S/C19H25N5O.HI/c1-25-17-7-5-16(6-8-17)23-19(20)22-14-15-9-10-21-18(13-15)24-11-3-2-4-12-24;/h5-10,13H,2-4,11-12,14H2,1H3,(H3,20,22,23);1H. The Kier molecular flexibility index (Phi) is 7.96. The second-order valence-electron chi connectivity index (χ2n) is 6.12. The molecule has 1 aliphatic heterocycles. The molecule has 1 aliphatic rings. The van der Waals surface area contributed by atoms with Gasteiger partial charge < -0.3 is 20.7 Å². The predicted molar refractivity (Wildman–Crippen MR) is 118 cm³/mol. The molecule has 1 aromatic carbocycles. The van der Waals surface area contributed by atoms with Crippen molar-refractivity contribution in [1.29, 1.82) is 0 Å². The highest BCUT2D eigenvalue weighted by atomic mass is 127. The van der Waals surface area contributed by atoms with Gasteiger partial charge in [-0.25, -0.2) is 9.98 Å². The Bertz CT molecular complexity index is 714. The van der Waals surface area contributed by atoms with Crippen molar-refractivity contribution in [3.63, 3.8) is 0 Å². The van der Waals surface area contributed by atoms with Gasteiger partial charge in [0.25, 0.3) is 0 Å². The first-order valence-electron chi connectivity index (χ1n) is 8.65. The highest BCUT2D eigenvalue weighted by Gasteiger charge is 2.12. The van der Waals surface area contributed by atoms with Crippen LogP contribution in [0.25, 0.3) is 0 Å². The minimum Gasteiger partial charge on any atom is -0.497 e. The SMILES string of the molecule is COc1ccc(NC(N)=NCc2ccnc(N3CCCCC3)c2)cc1.I. The van der Waals surface area contributed by atoms with E-state index in [1.807, 2.05) is 36.5 Å². The normalized spacial score (nSPS) is 14.5. The summed E-state index contributed by atoms with van der Waals surface area (Å²) < 4.78 is 5.14. The Morgan fingerprint density at radius 3 is 2.62 bits per heavy atom. The van der Waals surface area contributed by atoms with Crippen molar-refractivity contribution < 1.29 is 4.74 Å². The molecule has 0 aliphatic carbocycles. The maximum atomic E-state index is 5.99. The van der Waals surface area contributed by atoms with Gasteiger partial charge in [0.05, 0.1) is 13.7 Å². The number of nitrogens with two attached hydrogens (primary N) is 1. The zero-order valence-corrected chi connectivity index (χ0v) is 17.3. The van der Waals surface area contributed by atoms with E-state index in [-0.39, 0.29) is 24.0 Å². The number of pyridine rings is 1. The van der Waals surface area contributed by atoms with Crippen molar-refractivity contribution in [3.05, 3.63) is 48.2 Å². The maximum absolute atomic E-state index is 5.99. The van der Waals surface area contributed by atoms with E-state index in [1.54, 1.807) is 7.11 Å². The van der Waals surface area contributed by atoms with E-state index in [0.29, 0.717) is 12.5 Å². The Labute approximate surface area is 171 Å². The van der Waals surface area contributed by atoms with Crippen LogP contribution in [-0.2, 0) is 6.54 Å². The molecule has 3 rings (SSSR count). The number of nitrogens with one attached hydrogen (secondary N) is 1. The number of aliphatic imine (C=N–C) groups is 1. The summed E-state index contributed by atoms with van der Waals surface area (Å²) >= 11 is 0. The monoisotopic (exact) mass is 467 g/mol. The van der Waals surface area contributed by atoms with Gasteiger partial charge >= 0.3 is 0 Å². The average Bonchev–Trinajstić information content (AvgIpc) is 2.68. The van der Waals surface area contributed by atoms with E-state index < -0.39 is 0 Å². The molecule has 1 saturated heterocycles. The second-order valence-corrected chi connectivity index (χ2v) is 6.12. The van der Waals surface area contributed by atoms with Gasteiger partial charge in [-0.3, -0.25) is 0 Å². The third kappa shape index (κ3) is 5.76. The van der Waals surface area contributed by atoms with Crippen molar-refractivity contribution >= 4 is 41.4 Å². The smallest absolute Gasteiger partial charge is 0.193 e. The molecule has 6 nitrogen and oxygen atoms in total. The van der Waals surface area contributed by atoms with Crippen LogP contribution >= 0.6 is 24.0 Å². The lowest BCUT2D eigenvalue weighted by Gasteiger charge is -2.27. The Morgan fingerprint density at radius 1 is 1.19 bits per heavy atom. The van der Waals surface area contributed by atoms with Gasteiger partial charge in [-0.2, -0.15) is 0 Å². The second kappa shape index (κ2) is 10.2. The molecule has 2 aromatic rings. The number of halogens is 1. The van der Waals surface area contributed by atoms with Crippen LogP contribution < -0.4 is 20.7 Å². The van der Waals surface area contributed by atoms with Crippen molar-refractivity contribution in [2.45, 2.75) is 25.8 Å². The molecule has 7 heteroatoms. The molecule has 0 radical (unpaired) electrons. The molecule has 0 bridgehead atoms. The molecule has 2 heterocycles. The fourth-order valence-corrected chi connectivity index (χ4v) is 2.89. The van der Waals surface area contributed by atoms with Crippen molar-refractivity contribution in [2.75, 3.05) is 30.4 Å². The van der Waals surface area contributed by atoms with Crippen LogP contribution in [0.3, 0.4) is 0 Å². The van der Waals surface area contributed by atoms with Gasteiger partial charge in [-0.05, 0) is 61.2 Å². The van der Waals surface area contributed by atoms with Gasteiger partial charge in [0, 0.05) is 25.0 Å². The maximum Gasteiger partial charge on any atom is 0.193 e. The number of hydrogen-bond donors (Lipinski definition) is 2. The molecule has 26 heavy (non-hydrogen) atoms. The number of ether oxygens (including phenoxy) is 1. The van der Waals surface area contributed by atoms with Gasteiger partial charge in [0.2, 0.25) is 0 Å². The fraction of sp³-hybridized carbons (Fsp3) is 0.368. The van der Waals surface area contributed by atoms with E-state index in [0.717, 1.165) is 35.9 Å². The Hall–Kier alpha value is -2.03. The first kappa shape index (κ1) is 20.3. The average molecular weight is 467 g/mol. The zero-order valence-electron chi connectivity index (χ0n) is 15.0. The molecule has 140 valence electrons. The summed E-state index contributed by atoms with van der Waals surface area (Å²) in [6.07, 6.45) is 5.64. The number of guanidine groups is 1. The number of nitrogens with zero attached hydrogens (tertiary/aromatic N) is 3. The topological polar surface area (TPSA) is 75.8 Å². The van der Waals surface area contributed by atoms with E-state index in [1.165, 1.54) is 19.3 Å². The van der Waals surface area contributed by atoms with Crippen LogP contribution in [0.4, 0.5) is 11.5 Å². The molecule has 0 amide bonds. The van der Waals surface area contributed by atoms with Gasteiger partial charge in [-0.15, -0.1) is 24.0 Å². The molecule has 0 saturated carbocycles. The lowest BCUT2D eigenvalue weighted by molar-refractivity contribution is 0.415. The number of rotatable bonds is 5. The van der Waals surface area contributed by atoms with E-state index in [9.17, 15) is 0 Å². The van der Waals surface area contributed by atoms with Crippen molar-refractivity contribution in [1.82, 2.24) is 4.98 Å². The van der Waals surface area contributed by atoms with Crippen LogP contribution in [0.1, 0.15) is 24.8 Å². The molecule has 3 N–H and O–H groups in total. The summed E-state index contributed by atoms with van der Waals surface area (Å²) in [5, 5.41) is 3.09. The van der Waals surface area contributed by atoms with Crippen LogP contribution in [0.5, 0.6) is 5.75 Å². The summed E-state index contributed by atoms with van der Waals surface area (Å²) in [4.78, 5) is 11.3. The summed E-state index contributed by atoms with van der Waals surface area (Å²) in [6.45, 7) is 2.69. The Morgan fingerprint density at radius 2 is 1.92 bits per heavy atom. The molecule has 0 atom stereocenters. The minimum absolute atomic E-state index is 0. The number of benzene rings is 1. The molecular weight excluding hydrogens is 441 g/mol. The van der Waals surface area contributed by atoms with Gasteiger partial charge in [0.1, 0.15) is 11.6 Å². The minimum atomic E-state index is 0. The van der Waals surface area contributed by atoms with Crippen LogP contribution in [0.2, 0.25) is 0 Å². The highest BCUT2D eigenvalue weighted by Crippen LogP contribution is 2.19. The highest BCUT2D eigenvalue weighted by molar-refractivity contribution is 14.0. The quantitative estimate of drug-likeness (QED) is 0.399. The van der Waals surface area contributed by atoms with Crippen molar-refractivity contribution in [3.8, 4) is 5.75 Å². The van der Waals surface area contributed by atoms with Gasteiger partial charge in [0.15, 0.2) is 5.96 Å². The third-order valence-electron chi connectivity index (χ3n) is 4.28. The first-order valence-corrected chi connectivity index (χ1v) is 8.65. The first-order chi connectivity index (χ1) is 12.2. The van der Waals surface area contributed by atoms with E-state index in [4.69, 9.17) is 10.5 Å². The lowest BCUT2D eigenvalue weighted by Crippen LogP contribution is -2.30. The molecule has 1 fully saturated rings. The predicted octanol–water partition coefficient (Wildman–Crippen LogP) is 3.63. The van der Waals surface area contributed by atoms with Gasteiger partial charge in [-0.1, -0.05) is 0 Å².